The van der Waals surface area contributed by atoms with Gasteiger partial charge >= 0.3 is 33.2 Å². The Kier molecular flexibility index (Phi) is 30.0. The van der Waals surface area contributed by atoms with Crippen molar-refractivity contribution >= 4 is 31.7 Å². The van der Waals surface area contributed by atoms with E-state index in [1.54, 1.807) is 0 Å². The molecular formula is C56H102Cl2CoN3O. The van der Waals surface area contributed by atoms with Crippen molar-refractivity contribution in [2.75, 3.05) is 6.61 Å². The average Bonchev–Trinajstić information content (AvgIpc) is 3.29. The molecule has 0 aromatic rings. The standard InChI is InChI=1S/C56H102N3O.2ClH.Co/c1-7-8-9-10-11-12-13-14-15-16-17-18-19-20-21-22-23-30-38-60-56-51(48-32-26-24-27-33-48)41-50(42-52(56)49-34-28-25-29-35-49)57-46(5)53-36-31-37-54(59-53)47(6)58-55-44(3)39-43(2)40-45(55)4;;;/h43-45,48-56H,7-42H2,1-6H3;2*1H;/q-1;;;+3/p-2. The van der Waals surface area contributed by atoms with Crippen LogP contribution < -0.4 is 0 Å². The molecule has 0 spiro atoms. The fraction of sp³-hybridized carbons (Fsp3) is 0.964. The first kappa shape index (κ1) is 55.9. The van der Waals surface area contributed by atoms with E-state index in [1.807, 2.05) is 0 Å². The van der Waals surface area contributed by atoms with Crippen LogP contribution in [0.3, 0.4) is 0 Å². The van der Waals surface area contributed by atoms with E-state index < -0.39 is 0 Å². The van der Waals surface area contributed by atoms with E-state index >= 15 is 0 Å². The number of ether oxygens (including phenoxy) is 1. The van der Waals surface area contributed by atoms with Crippen molar-refractivity contribution in [1.82, 2.24) is 0 Å². The molecule has 4 saturated carbocycles. The first-order valence-electron chi connectivity index (χ1n) is 28.0. The quantitative estimate of drug-likeness (QED) is 0.0629. The molecule has 4 nitrogen and oxygen atoms in total. The van der Waals surface area contributed by atoms with E-state index in [1.165, 1.54) is 236 Å². The van der Waals surface area contributed by atoms with Crippen LogP contribution in [0, 0.1) is 41.4 Å². The van der Waals surface area contributed by atoms with Crippen LogP contribution in [0.1, 0.15) is 266 Å². The molecule has 0 radical (unpaired) electrons. The Morgan fingerprint density at radius 1 is 0.524 bits per heavy atom. The van der Waals surface area contributed by atoms with Gasteiger partial charge in [0, 0.05) is 6.61 Å². The molecule has 5 rings (SSSR count). The maximum absolute atomic E-state index is 7.26. The molecule has 5 aliphatic rings. The molecular weight excluding hydrogens is 860 g/mol. The fourth-order valence-electron chi connectivity index (χ4n) is 13.6. The van der Waals surface area contributed by atoms with Crippen molar-refractivity contribution in [2.45, 2.75) is 297 Å². The molecule has 0 N–H and O–H groups in total. The summed E-state index contributed by atoms with van der Waals surface area (Å²) in [5, 5.41) is 5.54. The fourth-order valence-corrected chi connectivity index (χ4v) is 13.6. The number of unbranched alkanes of at least 4 members (excludes halogenated alkanes) is 17. The Morgan fingerprint density at radius 2 is 0.921 bits per heavy atom. The van der Waals surface area contributed by atoms with Crippen LogP contribution in [0.2, 0.25) is 0 Å². The van der Waals surface area contributed by atoms with E-state index in [0.29, 0.717) is 54.8 Å². The van der Waals surface area contributed by atoms with Gasteiger partial charge in [0.1, 0.15) is 0 Å². The summed E-state index contributed by atoms with van der Waals surface area (Å²) in [6.07, 6.45) is 49.3. The minimum absolute atomic E-state index is 0.273. The van der Waals surface area contributed by atoms with Gasteiger partial charge in [-0.2, -0.15) is 0 Å². The van der Waals surface area contributed by atoms with Gasteiger partial charge in [-0.3, -0.25) is 9.98 Å². The van der Waals surface area contributed by atoms with Crippen molar-refractivity contribution in [2.24, 2.45) is 51.4 Å². The second-order valence-electron chi connectivity index (χ2n) is 22.3. The zero-order valence-electron chi connectivity index (χ0n) is 42.2. The number of aliphatic imine (C=N–C) groups is 2. The molecule has 7 heteroatoms. The van der Waals surface area contributed by atoms with Crippen molar-refractivity contribution in [1.29, 1.82) is 0 Å². The summed E-state index contributed by atoms with van der Waals surface area (Å²) < 4.78 is 7.26. The number of hydrogen-bond donors (Lipinski definition) is 0. The SMILES string of the molecule is CCCCCCCCCCCCCCCCCCCCOC1C(C2CCCCC2)CC(N=C(C)C2CCCC(C(C)=NC3C(C)CC(C)CC3C)[N-]2)CC1C1CCCCC1.[Cl][Co+][Cl]. The van der Waals surface area contributed by atoms with Crippen LogP contribution in [0.4, 0.5) is 0 Å². The predicted octanol–water partition coefficient (Wildman–Crippen LogP) is 18.6. The number of piperidine rings is 1. The second-order valence-corrected chi connectivity index (χ2v) is 24.0. The normalized spacial score (nSPS) is 31.8. The predicted molar refractivity (Wildman–Crippen MR) is 275 cm³/mol. The molecule has 1 heterocycles. The van der Waals surface area contributed by atoms with Gasteiger partial charge in [-0.15, -0.1) is 0 Å². The van der Waals surface area contributed by atoms with Gasteiger partial charge in [-0.1, -0.05) is 232 Å². The van der Waals surface area contributed by atoms with Crippen LogP contribution in [0.5, 0.6) is 0 Å². The van der Waals surface area contributed by atoms with E-state index in [0.717, 1.165) is 24.4 Å². The molecule has 0 aromatic carbocycles. The third-order valence-electron chi connectivity index (χ3n) is 17.0. The Balaban J connectivity index is 0.00000282. The van der Waals surface area contributed by atoms with Crippen LogP contribution in [-0.4, -0.2) is 48.3 Å². The summed E-state index contributed by atoms with van der Waals surface area (Å²) in [7, 11) is 9.47. The summed E-state index contributed by atoms with van der Waals surface area (Å²) >= 11 is 0.382. The Labute approximate surface area is 406 Å². The molecule has 0 bridgehead atoms. The monoisotopic (exact) mass is 962 g/mol. The zero-order valence-corrected chi connectivity index (χ0v) is 44.8. The third-order valence-corrected chi connectivity index (χ3v) is 17.0. The van der Waals surface area contributed by atoms with Crippen LogP contribution in [0.15, 0.2) is 9.98 Å². The van der Waals surface area contributed by atoms with E-state index in [2.05, 4.69) is 41.5 Å². The molecule has 6 atom stereocenters. The van der Waals surface area contributed by atoms with E-state index in [-0.39, 0.29) is 12.1 Å². The summed E-state index contributed by atoms with van der Waals surface area (Å²) in [4.78, 5) is 11.2. The zero-order chi connectivity index (χ0) is 45.1. The first-order chi connectivity index (χ1) is 30.7. The Morgan fingerprint density at radius 3 is 1.35 bits per heavy atom. The number of hydrogen-bond acceptors (Lipinski definition) is 3. The minimum atomic E-state index is 0.273. The van der Waals surface area contributed by atoms with Crippen LogP contribution in [-0.2, 0) is 17.6 Å². The molecule has 370 valence electrons. The van der Waals surface area contributed by atoms with E-state index in [4.69, 9.17) is 40.3 Å². The van der Waals surface area contributed by atoms with Crippen molar-refractivity contribution in [3.63, 3.8) is 0 Å². The summed E-state index contributed by atoms with van der Waals surface area (Å²) in [6.45, 7) is 15.3. The topological polar surface area (TPSA) is 48.1 Å². The van der Waals surface area contributed by atoms with Crippen LogP contribution >= 0.6 is 20.3 Å². The number of nitrogens with zero attached hydrogens (tertiary/aromatic N) is 3. The van der Waals surface area contributed by atoms with Gasteiger partial charge < -0.3 is 10.1 Å². The number of rotatable bonds is 26. The summed E-state index contributed by atoms with van der Waals surface area (Å²) in [5.41, 5.74) is 2.63. The molecule has 63 heavy (non-hydrogen) atoms. The molecule has 0 amide bonds. The first-order valence-corrected chi connectivity index (χ1v) is 30.9. The molecule has 1 saturated heterocycles. The van der Waals surface area contributed by atoms with Crippen molar-refractivity contribution < 1.29 is 17.6 Å². The van der Waals surface area contributed by atoms with Gasteiger partial charge in [0.2, 0.25) is 0 Å². The summed E-state index contributed by atoms with van der Waals surface area (Å²) in [6, 6.07) is 1.47. The van der Waals surface area contributed by atoms with Gasteiger partial charge in [0.15, 0.2) is 0 Å². The molecule has 6 unspecified atom stereocenters. The molecule has 5 fully saturated rings. The van der Waals surface area contributed by atoms with Crippen molar-refractivity contribution in [3.05, 3.63) is 5.32 Å². The van der Waals surface area contributed by atoms with Gasteiger partial charge in [-0.25, -0.2) is 0 Å². The Bertz CT molecular complexity index is 1170. The summed E-state index contributed by atoms with van der Waals surface area (Å²) in [5.74, 6) is 5.25. The maximum atomic E-state index is 7.26. The van der Waals surface area contributed by atoms with Crippen LogP contribution in [0.25, 0.3) is 5.32 Å². The average molecular weight is 963 g/mol. The Hall–Kier alpha value is 0.346. The van der Waals surface area contributed by atoms with Crippen molar-refractivity contribution in [3.8, 4) is 0 Å². The second kappa shape index (κ2) is 33.8. The third kappa shape index (κ3) is 21.3. The van der Waals surface area contributed by atoms with E-state index in [9.17, 15) is 0 Å². The molecule has 1 aliphatic heterocycles. The molecule has 0 aromatic heterocycles. The number of halogens is 2. The van der Waals surface area contributed by atoms with Gasteiger partial charge in [-0.05, 0) is 98.8 Å². The molecule has 4 aliphatic carbocycles. The van der Waals surface area contributed by atoms with Gasteiger partial charge in [0.25, 0.3) is 0 Å². The van der Waals surface area contributed by atoms with Gasteiger partial charge in [0.05, 0.1) is 18.2 Å².